The molecule has 0 radical (unpaired) electrons. The summed E-state index contributed by atoms with van der Waals surface area (Å²) in [6.07, 6.45) is 4.20. The normalized spacial score (nSPS) is 12.7. The summed E-state index contributed by atoms with van der Waals surface area (Å²) in [7, 11) is -15.0. The molecule has 0 bridgehead atoms. The van der Waals surface area contributed by atoms with Gasteiger partial charge in [0.15, 0.2) is 11.6 Å². The lowest BCUT2D eigenvalue weighted by atomic mass is 10.1. The van der Waals surface area contributed by atoms with Crippen LogP contribution in [-0.4, -0.2) is 78.8 Å². The van der Waals surface area contributed by atoms with E-state index in [-0.39, 0.29) is 11.3 Å². The second-order valence-corrected chi connectivity index (χ2v) is 14.8. The highest BCUT2D eigenvalue weighted by Crippen LogP contribution is 2.26. The molecule has 0 amide bonds. The maximum absolute atomic E-state index is 13.3. The lowest BCUT2D eigenvalue weighted by molar-refractivity contribution is 0.0999. The van der Waals surface area contributed by atoms with Gasteiger partial charge in [-0.05, 0) is 48.6 Å². The third-order valence-corrected chi connectivity index (χ3v) is 9.59. The largest absolute Gasteiger partial charge is 0.380 e. The van der Waals surface area contributed by atoms with Gasteiger partial charge >= 0.3 is 11.4 Å². The molecule has 0 aliphatic rings. The number of carbonyl (C=O) groups is 2. The van der Waals surface area contributed by atoms with Crippen LogP contribution in [-0.2, 0) is 41.7 Å². The van der Waals surface area contributed by atoms with Crippen molar-refractivity contribution in [2.45, 2.75) is 28.5 Å². The first kappa shape index (κ1) is 38.5. The minimum absolute atomic E-state index is 0.358. The molecule has 270 valence electrons. The standard InChI is InChI=1S/C27H22N4O16S4/c1-14(32)24-18(26(34)30(28-24)20-12-16(47-48(36)37)8-10-22(20)50(41,42)43)6-4-3-5-7-19-25(15(2)33)29-31(27(19)35)21-13-17(49(38,39)40)9-11-23(21)51(44,45)46/h3-4,6-13,28-29H,1-2H3,(H,36,37)(H,38,39,40)(H,41,42,43)(H,44,45,46). The number of nitrogens with one attached hydrogen (secondary N) is 2. The molecule has 1 atom stereocenters. The van der Waals surface area contributed by atoms with Crippen molar-refractivity contribution in [3.63, 3.8) is 0 Å². The summed E-state index contributed by atoms with van der Waals surface area (Å²) >= 11 is -2.86. The SMILES string of the molecule is CC(=O)c1[nH]n(-c2cc(OS(=O)O)ccc2S(=O)(=O)O)c(=O)c1C=CC=C=Cc1c(C(C)=O)[nH]n(-c2cc(S(=O)(=O)O)ccc2S(=O)(=O)O)c1=O. The molecule has 0 saturated heterocycles. The fourth-order valence-corrected chi connectivity index (χ4v) is 6.55. The fourth-order valence-electron chi connectivity index (χ4n) is 4.47. The molecule has 20 nitrogen and oxygen atoms in total. The van der Waals surface area contributed by atoms with Crippen molar-refractivity contribution in [2.75, 3.05) is 0 Å². The van der Waals surface area contributed by atoms with Gasteiger partial charge in [0.1, 0.15) is 26.9 Å². The fraction of sp³-hybridized carbons (Fsp3) is 0.0741. The van der Waals surface area contributed by atoms with Crippen molar-refractivity contribution in [2.24, 2.45) is 0 Å². The molecule has 4 aromatic rings. The molecule has 0 spiro atoms. The molecule has 4 rings (SSSR count). The first-order valence-corrected chi connectivity index (χ1v) is 18.7. The van der Waals surface area contributed by atoms with Gasteiger partial charge in [-0.3, -0.25) is 47.6 Å². The number of Topliss-reactive ketones (excluding diaryl/α,β-unsaturated/α-hetero) is 2. The molecule has 0 aliphatic heterocycles. The zero-order valence-electron chi connectivity index (χ0n) is 25.5. The zero-order valence-corrected chi connectivity index (χ0v) is 28.8. The quantitative estimate of drug-likeness (QED) is 0.0386. The molecule has 24 heteroatoms. The van der Waals surface area contributed by atoms with Crippen LogP contribution in [0.25, 0.3) is 23.5 Å². The van der Waals surface area contributed by atoms with Crippen molar-refractivity contribution in [3.05, 3.63) is 97.5 Å². The summed E-state index contributed by atoms with van der Waals surface area (Å²) in [5.41, 5.74) is -2.64. The van der Waals surface area contributed by atoms with Gasteiger partial charge in [0.2, 0.25) is 0 Å². The molecular formula is C27H22N4O16S4. The number of hydrogen-bond donors (Lipinski definition) is 6. The van der Waals surface area contributed by atoms with Gasteiger partial charge in [-0.15, -0.1) is 5.73 Å². The molecule has 0 saturated carbocycles. The van der Waals surface area contributed by atoms with E-state index >= 15 is 0 Å². The number of H-pyrrole nitrogens is 2. The Bertz CT molecular complexity index is 2710. The highest BCUT2D eigenvalue weighted by atomic mass is 32.2. The summed E-state index contributed by atoms with van der Waals surface area (Å²) in [6, 6.07) is 4.31. The Morgan fingerprint density at radius 2 is 1.27 bits per heavy atom. The first-order chi connectivity index (χ1) is 23.5. The monoisotopic (exact) mass is 786 g/mol. The molecule has 0 fully saturated rings. The van der Waals surface area contributed by atoms with E-state index in [1.165, 1.54) is 0 Å². The van der Waals surface area contributed by atoms with E-state index < -0.39 is 107 Å². The molecule has 0 aliphatic carbocycles. The van der Waals surface area contributed by atoms with Crippen LogP contribution in [0.5, 0.6) is 5.75 Å². The van der Waals surface area contributed by atoms with Crippen LogP contribution in [0.2, 0.25) is 0 Å². The molecule has 2 aromatic carbocycles. The molecule has 2 heterocycles. The van der Waals surface area contributed by atoms with Gasteiger partial charge in [0.25, 0.3) is 41.5 Å². The van der Waals surface area contributed by atoms with Gasteiger partial charge in [0.05, 0.1) is 27.4 Å². The number of rotatable bonds is 12. The Labute approximate surface area is 288 Å². The summed E-state index contributed by atoms with van der Waals surface area (Å²) in [6.45, 7) is 2.08. The second-order valence-electron chi connectivity index (χ2n) is 10.0. The topological polar surface area (TPSA) is 319 Å². The summed E-state index contributed by atoms with van der Waals surface area (Å²) in [5, 5.41) is 4.70. The lowest BCUT2D eigenvalue weighted by Crippen LogP contribution is -2.19. The van der Waals surface area contributed by atoms with Gasteiger partial charge in [-0.2, -0.15) is 29.5 Å². The number of allylic oxidation sites excluding steroid dienone is 2. The highest BCUT2D eigenvalue weighted by Gasteiger charge is 2.26. The van der Waals surface area contributed by atoms with E-state index in [0.29, 0.717) is 27.6 Å². The number of carbonyl (C=O) groups excluding carboxylic acids is 2. The minimum atomic E-state index is -5.09. The molecule has 6 N–H and O–H groups in total. The van der Waals surface area contributed by atoms with E-state index in [9.17, 15) is 62.3 Å². The van der Waals surface area contributed by atoms with Crippen LogP contribution in [0.15, 0.2) is 78.6 Å². The molecular weight excluding hydrogens is 765 g/mol. The third-order valence-electron chi connectivity index (χ3n) is 6.60. The van der Waals surface area contributed by atoms with Crippen LogP contribution < -0.4 is 15.3 Å². The Morgan fingerprint density at radius 1 is 0.784 bits per heavy atom. The third kappa shape index (κ3) is 8.37. The van der Waals surface area contributed by atoms with Gasteiger partial charge in [-0.25, -0.2) is 9.36 Å². The Hall–Kier alpha value is -5.30. The Morgan fingerprint density at radius 3 is 1.76 bits per heavy atom. The average molecular weight is 787 g/mol. The molecule has 51 heavy (non-hydrogen) atoms. The smallest absolute Gasteiger partial charge is 0.357 e. The maximum Gasteiger partial charge on any atom is 0.357 e. The number of aromatic nitrogens is 4. The van der Waals surface area contributed by atoms with E-state index in [1.54, 1.807) is 0 Å². The molecule has 2 aromatic heterocycles. The number of benzene rings is 2. The predicted molar refractivity (Wildman–Crippen MR) is 175 cm³/mol. The summed E-state index contributed by atoms with van der Waals surface area (Å²) in [5.74, 6) is -1.89. The predicted octanol–water partition coefficient (Wildman–Crippen LogP) is 1.19. The van der Waals surface area contributed by atoms with Gasteiger partial charge < -0.3 is 4.18 Å². The van der Waals surface area contributed by atoms with E-state index in [1.807, 2.05) is 0 Å². The van der Waals surface area contributed by atoms with Crippen molar-refractivity contribution in [3.8, 4) is 17.1 Å². The van der Waals surface area contributed by atoms with Gasteiger partial charge in [-0.1, -0.05) is 6.08 Å². The van der Waals surface area contributed by atoms with E-state index in [0.717, 1.165) is 56.4 Å². The van der Waals surface area contributed by atoms with Crippen molar-refractivity contribution in [1.82, 2.24) is 19.6 Å². The van der Waals surface area contributed by atoms with Crippen LogP contribution in [0, 0.1) is 0 Å². The van der Waals surface area contributed by atoms with Crippen LogP contribution in [0.3, 0.4) is 0 Å². The number of hydrogen-bond acceptors (Lipinski definition) is 12. The minimum Gasteiger partial charge on any atom is -0.380 e. The number of ketones is 2. The number of aromatic amines is 2. The van der Waals surface area contributed by atoms with Crippen LogP contribution in [0.4, 0.5) is 0 Å². The second kappa shape index (κ2) is 14.1. The van der Waals surface area contributed by atoms with Crippen molar-refractivity contribution in [1.29, 1.82) is 0 Å². The van der Waals surface area contributed by atoms with E-state index in [4.69, 9.17) is 4.55 Å². The Kier molecular flexibility index (Phi) is 10.7. The van der Waals surface area contributed by atoms with Crippen molar-refractivity contribution < 1.29 is 61.4 Å². The summed E-state index contributed by atoms with van der Waals surface area (Å²) in [4.78, 5) is 48.7. The van der Waals surface area contributed by atoms with Crippen LogP contribution in [0.1, 0.15) is 46.0 Å². The summed E-state index contributed by atoms with van der Waals surface area (Å²) < 4.78 is 126. The molecule has 1 unspecified atom stereocenters. The van der Waals surface area contributed by atoms with Crippen molar-refractivity contribution >= 4 is 65.4 Å². The maximum atomic E-state index is 13.3. The Balaban J connectivity index is 1.83. The zero-order chi connectivity index (χ0) is 38.2. The van der Waals surface area contributed by atoms with Gasteiger partial charge in [0, 0.05) is 19.9 Å². The highest BCUT2D eigenvalue weighted by molar-refractivity contribution is 7.86. The first-order valence-electron chi connectivity index (χ1n) is 13.3. The van der Waals surface area contributed by atoms with E-state index in [2.05, 4.69) is 20.1 Å². The average Bonchev–Trinajstić information content (AvgIpc) is 3.51. The number of nitrogens with zero attached hydrogens (tertiary/aromatic N) is 2. The van der Waals surface area contributed by atoms with Crippen LogP contribution >= 0.6 is 0 Å². The lowest BCUT2D eigenvalue weighted by Gasteiger charge is -2.09.